The molecule has 0 aliphatic carbocycles. The van der Waals surface area contributed by atoms with Crippen molar-refractivity contribution in [1.82, 2.24) is 19.9 Å². The second-order valence-corrected chi connectivity index (χ2v) is 6.47. The van der Waals surface area contributed by atoms with Crippen LogP contribution in [0.15, 0.2) is 42.2 Å². The highest BCUT2D eigenvalue weighted by Crippen LogP contribution is 2.21. The van der Waals surface area contributed by atoms with Crippen molar-refractivity contribution in [2.45, 2.75) is 25.0 Å². The van der Waals surface area contributed by atoms with Gasteiger partial charge in [0.05, 0.1) is 17.8 Å². The fourth-order valence-corrected chi connectivity index (χ4v) is 2.78. The Morgan fingerprint density at radius 3 is 3.17 bits per heavy atom. The van der Waals surface area contributed by atoms with Crippen molar-refractivity contribution >= 4 is 29.0 Å². The second kappa shape index (κ2) is 6.26. The molecule has 2 unspecified atom stereocenters. The molecule has 0 aromatic carbocycles. The summed E-state index contributed by atoms with van der Waals surface area (Å²) in [5.41, 5.74) is -0.338. The summed E-state index contributed by atoms with van der Waals surface area (Å²) in [6.07, 6.45) is 6.78. The molecule has 0 radical (unpaired) electrons. The molecule has 2 aromatic rings. The number of aromatic nitrogens is 3. The summed E-state index contributed by atoms with van der Waals surface area (Å²) in [6, 6.07) is 1.46. The number of rotatable bonds is 2. The average molecular weight is 348 g/mol. The number of anilines is 1. The lowest BCUT2D eigenvalue weighted by molar-refractivity contribution is 0.0464. The second-order valence-electron chi connectivity index (χ2n) is 6.03. The number of allylic oxidation sites excluding steroid dienone is 2. The van der Waals surface area contributed by atoms with Crippen LogP contribution in [0.4, 0.5) is 5.82 Å². The smallest absolute Gasteiger partial charge is 0.256 e. The fraction of sp³-hybridized carbons (Fsp3) is 0.312. The minimum Gasteiger partial charge on any atom is -0.388 e. The third-order valence-corrected chi connectivity index (χ3v) is 4.07. The van der Waals surface area contributed by atoms with Crippen molar-refractivity contribution in [3.05, 3.63) is 47.8 Å². The van der Waals surface area contributed by atoms with E-state index in [1.807, 2.05) is 0 Å². The molecule has 8 heteroatoms. The molecule has 0 spiro atoms. The lowest BCUT2D eigenvalue weighted by atomic mass is 9.96. The van der Waals surface area contributed by atoms with E-state index in [4.69, 9.17) is 11.6 Å². The van der Waals surface area contributed by atoms with E-state index in [0.717, 1.165) is 0 Å². The van der Waals surface area contributed by atoms with Crippen molar-refractivity contribution in [3.63, 3.8) is 0 Å². The van der Waals surface area contributed by atoms with Crippen LogP contribution in [0.25, 0.3) is 5.65 Å². The summed E-state index contributed by atoms with van der Waals surface area (Å²) in [5, 5.41) is 21.1. The number of carbonyl (C=O) groups is 1. The molecule has 7 nitrogen and oxygen atoms in total. The van der Waals surface area contributed by atoms with Gasteiger partial charge in [0, 0.05) is 24.2 Å². The van der Waals surface area contributed by atoms with Crippen LogP contribution >= 0.6 is 11.6 Å². The molecular formula is C16H18ClN5O2. The van der Waals surface area contributed by atoms with Crippen molar-refractivity contribution < 1.29 is 9.90 Å². The molecule has 0 saturated heterocycles. The van der Waals surface area contributed by atoms with Crippen molar-refractivity contribution in [1.29, 1.82) is 0 Å². The monoisotopic (exact) mass is 347 g/mol. The van der Waals surface area contributed by atoms with Crippen molar-refractivity contribution in [2.24, 2.45) is 0 Å². The van der Waals surface area contributed by atoms with E-state index in [1.165, 1.54) is 16.8 Å². The quantitative estimate of drug-likeness (QED) is 0.719. The maximum atomic E-state index is 12.3. The number of amides is 1. The number of nitrogens with zero attached hydrogens (tertiary/aromatic N) is 3. The number of fused-ring (bicyclic) bond motifs is 1. The summed E-state index contributed by atoms with van der Waals surface area (Å²) in [7, 11) is 0. The normalized spacial score (nSPS) is 25.0. The molecule has 3 N–H and O–H groups in total. The molecule has 24 heavy (non-hydrogen) atoms. The Morgan fingerprint density at radius 2 is 2.42 bits per heavy atom. The van der Waals surface area contributed by atoms with E-state index in [1.54, 1.807) is 25.3 Å². The summed E-state index contributed by atoms with van der Waals surface area (Å²) >= 11 is 6.06. The number of nitrogens with one attached hydrogen (secondary N) is 2. The molecule has 3 heterocycles. The minimum absolute atomic E-state index is 0.0942. The number of hydrogen-bond acceptors (Lipinski definition) is 5. The zero-order chi connectivity index (χ0) is 17.3. The molecular weight excluding hydrogens is 330 g/mol. The largest absolute Gasteiger partial charge is 0.388 e. The zero-order valence-electron chi connectivity index (χ0n) is 13.2. The highest BCUT2D eigenvalue weighted by atomic mass is 35.5. The predicted molar refractivity (Wildman–Crippen MR) is 92.1 cm³/mol. The molecule has 1 aliphatic rings. The van der Waals surface area contributed by atoms with Crippen LogP contribution in [0.2, 0.25) is 0 Å². The van der Waals surface area contributed by atoms with Gasteiger partial charge in [-0.25, -0.2) is 9.50 Å². The average Bonchev–Trinajstić information content (AvgIpc) is 2.94. The Morgan fingerprint density at radius 1 is 1.62 bits per heavy atom. The molecule has 0 saturated carbocycles. The van der Waals surface area contributed by atoms with E-state index >= 15 is 0 Å². The van der Waals surface area contributed by atoms with Gasteiger partial charge in [0.25, 0.3) is 5.91 Å². The van der Waals surface area contributed by atoms with Gasteiger partial charge in [-0.3, -0.25) is 4.79 Å². The van der Waals surface area contributed by atoms with Gasteiger partial charge in [0.15, 0.2) is 5.65 Å². The van der Waals surface area contributed by atoms with Crippen LogP contribution in [-0.2, 0) is 0 Å². The zero-order valence-corrected chi connectivity index (χ0v) is 13.9. The van der Waals surface area contributed by atoms with Crippen molar-refractivity contribution in [3.8, 4) is 0 Å². The Hall–Kier alpha value is -2.38. The van der Waals surface area contributed by atoms with Gasteiger partial charge < -0.3 is 15.7 Å². The molecule has 1 amide bonds. The van der Waals surface area contributed by atoms with E-state index in [0.29, 0.717) is 28.5 Å². The fourth-order valence-electron chi connectivity index (χ4n) is 2.62. The number of β-amino-alcohol motifs (C(OH)–C–C–N with tert-alkyl or cyclic N) is 1. The number of hydrogen-bond donors (Lipinski definition) is 3. The molecule has 2 atom stereocenters. The third-order valence-electron chi connectivity index (χ3n) is 3.79. The third kappa shape index (κ3) is 3.42. The molecule has 2 aromatic heterocycles. The van der Waals surface area contributed by atoms with Gasteiger partial charge in [-0.1, -0.05) is 24.3 Å². The highest BCUT2D eigenvalue weighted by molar-refractivity contribution is 6.31. The lowest BCUT2D eigenvalue weighted by Crippen LogP contribution is -2.43. The maximum Gasteiger partial charge on any atom is 0.256 e. The van der Waals surface area contributed by atoms with Gasteiger partial charge >= 0.3 is 0 Å². The standard InChI is InChI=1S/C16H18ClN5O2/c1-3-10(17)6-11-7-16(2,24)9-18-15(23)12-8-19-22-5-4-13(20-11)21-14(12)22/h3-6,8,11,24H,1,7,9H2,2H3,(H,18,23)(H,20,21)/b10-6+. The Kier molecular flexibility index (Phi) is 4.29. The van der Waals surface area contributed by atoms with Gasteiger partial charge in [0.1, 0.15) is 11.4 Å². The van der Waals surface area contributed by atoms with Gasteiger partial charge in [0.2, 0.25) is 0 Å². The number of aliphatic hydroxyl groups is 1. The predicted octanol–water partition coefficient (Wildman–Crippen LogP) is 1.70. The topological polar surface area (TPSA) is 91.5 Å². The molecule has 1 aliphatic heterocycles. The first-order valence-corrected chi connectivity index (χ1v) is 7.87. The first-order chi connectivity index (χ1) is 11.4. The van der Waals surface area contributed by atoms with Crippen LogP contribution in [-0.4, -0.2) is 43.8 Å². The van der Waals surface area contributed by atoms with Crippen LogP contribution in [0.1, 0.15) is 23.7 Å². The van der Waals surface area contributed by atoms with Crippen LogP contribution in [0, 0.1) is 0 Å². The van der Waals surface area contributed by atoms with Crippen molar-refractivity contribution in [2.75, 3.05) is 11.9 Å². The van der Waals surface area contributed by atoms with Crippen LogP contribution in [0.3, 0.4) is 0 Å². The van der Waals surface area contributed by atoms with E-state index in [9.17, 15) is 9.90 Å². The number of halogens is 1. The maximum absolute atomic E-state index is 12.3. The summed E-state index contributed by atoms with van der Waals surface area (Å²) in [6.45, 7) is 5.38. The summed E-state index contributed by atoms with van der Waals surface area (Å²) in [4.78, 5) is 16.8. The molecule has 3 rings (SSSR count). The Balaban J connectivity index is 2.06. The Labute approximate surface area is 144 Å². The van der Waals surface area contributed by atoms with E-state index < -0.39 is 5.60 Å². The van der Waals surface area contributed by atoms with E-state index in [2.05, 4.69) is 27.3 Å². The minimum atomic E-state index is -1.13. The van der Waals surface area contributed by atoms with Gasteiger partial charge in [-0.15, -0.1) is 0 Å². The van der Waals surface area contributed by atoms with E-state index in [-0.39, 0.29) is 18.5 Å². The first-order valence-electron chi connectivity index (χ1n) is 7.49. The number of carbonyl (C=O) groups excluding carboxylic acids is 1. The van der Waals surface area contributed by atoms with Crippen LogP contribution in [0.5, 0.6) is 0 Å². The SMILES string of the molecule is C=C/C(Cl)=C\C1CC(C)(O)CNC(=O)c2cnn3ccc(nc23)N1. The van der Waals surface area contributed by atoms with Crippen LogP contribution < -0.4 is 10.6 Å². The summed E-state index contributed by atoms with van der Waals surface area (Å²) in [5.74, 6) is 0.234. The van der Waals surface area contributed by atoms with Gasteiger partial charge in [-0.2, -0.15) is 5.10 Å². The summed E-state index contributed by atoms with van der Waals surface area (Å²) < 4.78 is 1.53. The van der Waals surface area contributed by atoms with Gasteiger partial charge in [-0.05, 0) is 19.1 Å². The first kappa shape index (κ1) is 16.5. The molecule has 126 valence electrons. The molecule has 0 fully saturated rings. The Bertz CT molecular complexity index is 827. The highest BCUT2D eigenvalue weighted by Gasteiger charge is 2.27. The molecule has 2 bridgehead atoms. The lowest BCUT2D eigenvalue weighted by Gasteiger charge is -2.28.